The highest BCUT2D eigenvalue weighted by atomic mass is 35.6. The van der Waals surface area contributed by atoms with Gasteiger partial charge < -0.3 is 0 Å². The van der Waals surface area contributed by atoms with Crippen molar-refractivity contribution in [2.75, 3.05) is 5.43 Å². The minimum absolute atomic E-state index is 0.0494. The first-order valence-corrected chi connectivity index (χ1v) is 8.36. The van der Waals surface area contributed by atoms with Crippen molar-refractivity contribution in [1.82, 2.24) is 9.97 Å². The summed E-state index contributed by atoms with van der Waals surface area (Å²) in [6.07, 6.45) is 1.54. The third-order valence-corrected chi connectivity index (χ3v) is 3.87. The fraction of sp³-hybridized carbons (Fsp3) is 0.118. The Bertz CT molecular complexity index is 937. The smallest absolute Gasteiger partial charge is 0.250 e. The summed E-state index contributed by atoms with van der Waals surface area (Å²) in [6, 6.07) is 11.6. The van der Waals surface area contributed by atoms with E-state index in [2.05, 4.69) is 20.5 Å². The molecule has 3 aromatic rings. The van der Waals surface area contributed by atoms with Crippen LogP contribution in [-0.4, -0.2) is 16.2 Å². The van der Waals surface area contributed by atoms with E-state index in [0.29, 0.717) is 11.3 Å². The molecule has 8 heteroatoms. The van der Waals surface area contributed by atoms with Gasteiger partial charge in [0.25, 0.3) is 0 Å². The Morgan fingerprint density at radius 3 is 2.48 bits per heavy atom. The van der Waals surface area contributed by atoms with Crippen LogP contribution in [0, 0.1) is 12.7 Å². The summed E-state index contributed by atoms with van der Waals surface area (Å²) in [5.74, 6) is 0.149. The standard InChI is InChI=1S/C17H12Cl3FN4/c1-10-2-7-14-13(8-10)15(24-16(23-14)17(18,19)20)25-22-9-11-3-5-12(21)6-4-11/h2-9H,1H3,(H,23,24,25). The number of hydrogen-bond donors (Lipinski definition) is 1. The SMILES string of the molecule is Cc1ccc2nc(C(Cl)(Cl)Cl)nc(NN=Cc3ccc(F)cc3)c2c1. The molecule has 0 radical (unpaired) electrons. The lowest BCUT2D eigenvalue weighted by molar-refractivity contribution is 0.628. The molecule has 0 amide bonds. The number of anilines is 1. The molecule has 128 valence electrons. The summed E-state index contributed by atoms with van der Waals surface area (Å²) < 4.78 is 11.2. The number of nitrogens with zero attached hydrogens (tertiary/aromatic N) is 3. The van der Waals surface area contributed by atoms with Crippen molar-refractivity contribution in [2.45, 2.75) is 10.7 Å². The fourth-order valence-corrected chi connectivity index (χ4v) is 2.42. The lowest BCUT2D eigenvalue weighted by Gasteiger charge is -2.13. The minimum atomic E-state index is -1.75. The molecule has 0 aliphatic carbocycles. The summed E-state index contributed by atoms with van der Waals surface area (Å²) >= 11 is 17.7. The van der Waals surface area contributed by atoms with E-state index in [1.807, 2.05) is 25.1 Å². The Labute approximate surface area is 158 Å². The summed E-state index contributed by atoms with van der Waals surface area (Å²) in [5.41, 5.74) is 5.22. The second-order valence-corrected chi connectivity index (χ2v) is 7.62. The average molecular weight is 398 g/mol. The number of nitrogens with one attached hydrogen (secondary N) is 1. The van der Waals surface area contributed by atoms with Gasteiger partial charge in [-0.2, -0.15) is 5.10 Å². The second-order valence-electron chi connectivity index (χ2n) is 5.34. The lowest BCUT2D eigenvalue weighted by atomic mass is 10.1. The molecule has 0 fully saturated rings. The zero-order valence-corrected chi connectivity index (χ0v) is 15.2. The van der Waals surface area contributed by atoms with E-state index >= 15 is 0 Å². The topological polar surface area (TPSA) is 50.2 Å². The van der Waals surface area contributed by atoms with Crippen molar-refractivity contribution in [2.24, 2.45) is 5.10 Å². The Balaban J connectivity index is 1.98. The van der Waals surface area contributed by atoms with Crippen LogP contribution in [0.1, 0.15) is 17.0 Å². The van der Waals surface area contributed by atoms with E-state index < -0.39 is 3.79 Å². The van der Waals surface area contributed by atoms with E-state index in [0.717, 1.165) is 16.5 Å². The molecule has 1 N–H and O–H groups in total. The molecule has 0 aliphatic heterocycles. The zero-order chi connectivity index (χ0) is 18.0. The largest absolute Gasteiger partial charge is 0.261 e. The van der Waals surface area contributed by atoms with Gasteiger partial charge in [0, 0.05) is 5.39 Å². The molecule has 1 heterocycles. The Hall–Kier alpha value is -1.95. The predicted molar refractivity (Wildman–Crippen MR) is 101 cm³/mol. The Kier molecular flexibility index (Phi) is 5.08. The van der Waals surface area contributed by atoms with Gasteiger partial charge in [-0.25, -0.2) is 14.4 Å². The molecule has 0 saturated heterocycles. The molecule has 25 heavy (non-hydrogen) atoms. The van der Waals surface area contributed by atoms with Gasteiger partial charge in [0.2, 0.25) is 3.79 Å². The summed E-state index contributed by atoms with van der Waals surface area (Å²) in [6.45, 7) is 1.95. The number of hydrazone groups is 1. The van der Waals surface area contributed by atoms with Crippen LogP contribution in [-0.2, 0) is 3.79 Å². The third kappa shape index (κ3) is 4.37. The van der Waals surface area contributed by atoms with Crippen molar-refractivity contribution in [1.29, 1.82) is 0 Å². The molecule has 0 aliphatic rings. The van der Waals surface area contributed by atoms with Gasteiger partial charge >= 0.3 is 0 Å². The highest BCUT2D eigenvalue weighted by Crippen LogP contribution is 2.37. The molecule has 2 aromatic carbocycles. The zero-order valence-electron chi connectivity index (χ0n) is 13.0. The van der Waals surface area contributed by atoms with Gasteiger partial charge in [-0.05, 0) is 36.8 Å². The van der Waals surface area contributed by atoms with E-state index in [9.17, 15) is 4.39 Å². The molecule has 0 spiro atoms. The van der Waals surface area contributed by atoms with Crippen molar-refractivity contribution < 1.29 is 4.39 Å². The van der Waals surface area contributed by atoms with E-state index in [4.69, 9.17) is 34.8 Å². The first-order valence-electron chi connectivity index (χ1n) is 7.23. The quantitative estimate of drug-likeness (QED) is 0.368. The fourth-order valence-electron chi connectivity index (χ4n) is 2.17. The first-order chi connectivity index (χ1) is 11.8. The van der Waals surface area contributed by atoms with E-state index in [-0.39, 0.29) is 11.6 Å². The molecular formula is C17H12Cl3FN4. The van der Waals surface area contributed by atoms with Crippen LogP contribution in [0.25, 0.3) is 10.9 Å². The molecule has 0 atom stereocenters. The highest BCUT2D eigenvalue weighted by molar-refractivity contribution is 6.66. The van der Waals surface area contributed by atoms with E-state index in [1.54, 1.807) is 12.1 Å². The van der Waals surface area contributed by atoms with Crippen molar-refractivity contribution in [3.63, 3.8) is 0 Å². The van der Waals surface area contributed by atoms with Crippen LogP contribution in [0.2, 0.25) is 0 Å². The molecule has 4 nitrogen and oxygen atoms in total. The van der Waals surface area contributed by atoms with Gasteiger partial charge in [0.15, 0.2) is 11.6 Å². The number of fused-ring (bicyclic) bond motifs is 1. The minimum Gasteiger partial charge on any atom is -0.261 e. The number of benzene rings is 2. The van der Waals surface area contributed by atoms with Crippen LogP contribution in [0.5, 0.6) is 0 Å². The highest BCUT2D eigenvalue weighted by Gasteiger charge is 2.28. The van der Waals surface area contributed by atoms with Crippen molar-refractivity contribution in [3.05, 3.63) is 65.2 Å². The Morgan fingerprint density at radius 2 is 1.80 bits per heavy atom. The van der Waals surface area contributed by atoms with Gasteiger partial charge in [0.05, 0.1) is 11.7 Å². The molecule has 0 saturated carbocycles. The number of aromatic nitrogens is 2. The van der Waals surface area contributed by atoms with E-state index in [1.165, 1.54) is 18.3 Å². The Morgan fingerprint density at radius 1 is 1.08 bits per heavy atom. The number of rotatable bonds is 3. The summed E-state index contributed by atoms with van der Waals surface area (Å²) in [4.78, 5) is 8.55. The van der Waals surface area contributed by atoms with Crippen LogP contribution in [0.3, 0.4) is 0 Å². The maximum Gasteiger partial charge on any atom is 0.250 e. The number of hydrogen-bond acceptors (Lipinski definition) is 4. The van der Waals surface area contributed by atoms with Crippen LogP contribution in [0.15, 0.2) is 47.6 Å². The maximum atomic E-state index is 12.9. The lowest BCUT2D eigenvalue weighted by Crippen LogP contribution is -2.09. The van der Waals surface area contributed by atoms with Gasteiger partial charge in [-0.1, -0.05) is 58.6 Å². The number of alkyl halides is 3. The van der Waals surface area contributed by atoms with Gasteiger partial charge in [0.1, 0.15) is 5.82 Å². The normalized spacial score (nSPS) is 12.0. The molecule has 0 unspecified atom stereocenters. The van der Waals surface area contributed by atoms with Crippen molar-refractivity contribution in [3.8, 4) is 0 Å². The predicted octanol–water partition coefficient (Wildman–Crippen LogP) is 5.35. The third-order valence-electron chi connectivity index (χ3n) is 3.36. The second kappa shape index (κ2) is 7.12. The van der Waals surface area contributed by atoms with Gasteiger partial charge in [-0.3, -0.25) is 5.43 Å². The van der Waals surface area contributed by atoms with Crippen LogP contribution < -0.4 is 5.43 Å². The molecular weight excluding hydrogens is 386 g/mol. The van der Waals surface area contributed by atoms with Crippen LogP contribution in [0.4, 0.5) is 10.2 Å². The number of aryl methyl sites for hydroxylation is 1. The average Bonchev–Trinajstić information content (AvgIpc) is 2.56. The van der Waals surface area contributed by atoms with Crippen molar-refractivity contribution >= 4 is 57.7 Å². The van der Waals surface area contributed by atoms with Gasteiger partial charge in [-0.15, -0.1) is 0 Å². The number of halogens is 4. The maximum absolute atomic E-state index is 12.9. The first kappa shape index (κ1) is 17.9. The monoisotopic (exact) mass is 396 g/mol. The summed E-state index contributed by atoms with van der Waals surface area (Å²) in [5, 5.41) is 4.87. The van der Waals surface area contributed by atoms with Crippen LogP contribution >= 0.6 is 34.8 Å². The molecule has 3 rings (SSSR count). The molecule has 1 aromatic heterocycles. The summed E-state index contributed by atoms with van der Waals surface area (Å²) in [7, 11) is 0. The molecule has 0 bridgehead atoms.